The van der Waals surface area contributed by atoms with Crippen molar-refractivity contribution in [3.8, 4) is 11.5 Å². The van der Waals surface area contributed by atoms with E-state index in [-0.39, 0.29) is 30.4 Å². The molecule has 1 heterocycles. The standard InChI is InChI=1S/C19H24N2O5/c1-12-3-8-16(17(9-12)24-2)25-11-18-21-15(10-26-18)19(23)20-13-4-6-14(22)7-5-13/h3,8-10,13-14,22H,4-7,11H2,1-2H3,(H,20,23). The summed E-state index contributed by atoms with van der Waals surface area (Å²) in [7, 11) is 1.58. The van der Waals surface area contributed by atoms with E-state index in [4.69, 9.17) is 13.9 Å². The summed E-state index contributed by atoms with van der Waals surface area (Å²) in [6, 6.07) is 5.69. The Labute approximate surface area is 152 Å². The summed E-state index contributed by atoms with van der Waals surface area (Å²) in [6.07, 6.45) is 4.04. The van der Waals surface area contributed by atoms with E-state index in [0.29, 0.717) is 30.2 Å². The van der Waals surface area contributed by atoms with Gasteiger partial charge < -0.3 is 24.3 Å². The number of hydrogen-bond acceptors (Lipinski definition) is 6. The van der Waals surface area contributed by atoms with E-state index in [1.807, 2.05) is 25.1 Å². The van der Waals surface area contributed by atoms with Crippen LogP contribution in [0, 0.1) is 6.92 Å². The minimum Gasteiger partial charge on any atom is -0.493 e. The quantitative estimate of drug-likeness (QED) is 0.822. The summed E-state index contributed by atoms with van der Waals surface area (Å²) < 4.78 is 16.3. The number of carbonyl (C=O) groups excluding carboxylic acids is 1. The number of nitrogens with one attached hydrogen (secondary N) is 1. The van der Waals surface area contributed by atoms with Crippen LogP contribution in [0.25, 0.3) is 0 Å². The number of rotatable bonds is 6. The molecule has 0 spiro atoms. The molecule has 1 amide bonds. The zero-order valence-corrected chi connectivity index (χ0v) is 15.0. The van der Waals surface area contributed by atoms with Crippen LogP contribution in [-0.2, 0) is 6.61 Å². The molecular formula is C19H24N2O5. The number of methoxy groups -OCH3 is 1. The van der Waals surface area contributed by atoms with E-state index >= 15 is 0 Å². The van der Waals surface area contributed by atoms with Crippen LogP contribution >= 0.6 is 0 Å². The second kappa shape index (κ2) is 8.23. The Morgan fingerprint density at radius 3 is 2.81 bits per heavy atom. The summed E-state index contributed by atoms with van der Waals surface area (Å²) >= 11 is 0. The summed E-state index contributed by atoms with van der Waals surface area (Å²) in [6.45, 7) is 2.07. The maximum atomic E-state index is 12.3. The van der Waals surface area contributed by atoms with E-state index in [9.17, 15) is 9.90 Å². The molecule has 1 saturated carbocycles. The Morgan fingerprint density at radius 1 is 1.31 bits per heavy atom. The second-order valence-corrected chi connectivity index (χ2v) is 6.55. The topological polar surface area (TPSA) is 93.8 Å². The van der Waals surface area contributed by atoms with Gasteiger partial charge in [-0.2, -0.15) is 0 Å². The van der Waals surface area contributed by atoms with Gasteiger partial charge in [-0.1, -0.05) is 6.07 Å². The molecule has 0 radical (unpaired) electrons. The van der Waals surface area contributed by atoms with Crippen molar-refractivity contribution in [1.82, 2.24) is 10.3 Å². The fourth-order valence-corrected chi connectivity index (χ4v) is 2.99. The van der Waals surface area contributed by atoms with Gasteiger partial charge in [0.25, 0.3) is 5.91 Å². The minimum absolute atomic E-state index is 0.0686. The van der Waals surface area contributed by atoms with Gasteiger partial charge in [0, 0.05) is 6.04 Å². The van der Waals surface area contributed by atoms with Gasteiger partial charge >= 0.3 is 0 Å². The fraction of sp³-hybridized carbons (Fsp3) is 0.474. The van der Waals surface area contributed by atoms with Gasteiger partial charge in [-0.3, -0.25) is 4.79 Å². The third kappa shape index (κ3) is 4.54. The molecule has 1 aromatic carbocycles. The van der Waals surface area contributed by atoms with Crippen LogP contribution in [0.4, 0.5) is 0 Å². The lowest BCUT2D eigenvalue weighted by atomic mass is 9.93. The van der Waals surface area contributed by atoms with Crippen LogP contribution in [0.3, 0.4) is 0 Å². The van der Waals surface area contributed by atoms with E-state index in [1.54, 1.807) is 7.11 Å². The molecule has 3 rings (SSSR count). The van der Waals surface area contributed by atoms with Gasteiger partial charge in [0.2, 0.25) is 5.89 Å². The molecule has 0 saturated heterocycles. The highest BCUT2D eigenvalue weighted by molar-refractivity contribution is 5.92. The Hall–Kier alpha value is -2.54. The van der Waals surface area contributed by atoms with Gasteiger partial charge in [-0.05, 0) is 50.3 Å². The van der Waals surface area contributed by atoms with Crippen LogP contribution in [-0.4, -0.2) is 35.3 Å². The van der Waals surface area contributed by atoms with Gasteiger partial charge in [-0.25, -0.2) is 4.98 Å². The van der Waals surface area contributed by atoms with E-state index in [2.05, 4.69) is 10.3 Å². The first-order valence-electron chi connectivity index (χ1n) is 8.76. The van der Waals surface area contributed by atoms with Crippen molar-refractivity contribution in [2.45, 2.75) is 51.4 Å². The molecule has 0 aliphatic heterocycles. The Kier molecular flexibility index (Phi) is 5.78. The molecule has 1 aliphatic rings. The number of hydrogen-bond donors (Lipinski definition) is 2. The molecule has 1 aromatic heterocycles. The summed E-state index contributed by atoms with van der Waals surface area (Å²) in [5, 5.41) is 12.5. The Bertz CT molecular complexity index is 750. The summed E-state index contributed by atoms with van der Waals surface area (Å²) in [5.41, 5.74) is 1.30. The van der Waals surface area contributed by atoms with Crippen molar-refractivity contribution in [2.24, 2.45) is 0 Å². The largest absolute Gasteiger partial charge is 0.493 e. The first kappa shape index (κ1) is 18.3. The number of aryl methyl sites for hydroxylation is 1. The molecule has 2 aromatic rings. The summed E-state index contributed by atoms with van der Waals surface area (Å²) in [5.74, 6) is 1.27. The number of oxazole rings is 1. The number of nitrogens with zero attached hydrogens (tertiary/aromatic N) is 1. The van der Waals surface area contributed by atoms with Gasteiger partial charge in [0.1, 0.15) is 6.26 Å². The third-order valence-corrected chi connectivity index (χ3v) is 4.49. The van der Waals surface area contributed by atoms with Crippen molar-refractivity contribution in [3.63, 3.8) is 0 Å². The van der Waals surface area contributed by atoms with Crippen LogP contribution in [0.1, 0.15) is 47.6 Å². The lowest BCUT2D eigenvalue weighted by Crippen LogP contribution is -2.38. The maximum Gasteiger partial charge on any atom is 0.273 e. The average Bonchev–Trinajstić information content (AvgIpc) is 3.11. The molecular weight excluding hydrogens is 336 g/mol. The molecule has 0 unspecified atom stereocenters. The number of carbonyl (C=O) groups is 1. The maximum absolute atomic E-state index is 12.3. The molecule has 7 nitrogen and oxygen atoms in total. The highest BCUT2D eigenvalue weighted by Gasteiger charge is 2.22. The number of aromatic nitrogens is 1. The third-order valence-electron chi connectivity index (χ3n) is 4.49. The normalized spacial score (nSPS) is 19.8. The van der Waals surface area contributed by atoms with Gasteiger partial charge in [0.05, 0.1) is 13.2 Å². The number of benzene rings is 1. The molecule has 2 N–H and O–H groups in total. The predicted octanol–water partition coefficient (Wildman–Crippen LogP) is 2.60. The van der Waals surface area contributed by atoms with E-state index < -0.39 is 0 Å². The Balaban J connectivity index is 1.55. The van der Waals surface area contributed by atoms with Crippen molar-refractivity contribution >= 4 is 5.91 Å². The van der Waals surface area contributed by atoms with Crippen LogP contribution in [0.2, 0.25) is 0 Å². The summed E-state index contributed by atoms with van der Waals surface area (Å²) in [4.78, 5) is 16.4. The molecule has 0 atom stereocenters. The molecule has 140 valence electrons. The predicted molar refractivity (Wildman–Crippen MR) is 94.3 cm³/mol. The van der Waals surface area contributed by atoms with E-state index in [1.165, 1.54) is 6.26 Å². The smallest absolute Gasteiger partial charge is 0.273 e. The monoisotopic (exact) mass is 360 g/mol. The van der Waals surface area contributed by atoms with Gasteiger partial charge in [0.15, 0.2) is 23.8 Å². The first-order valence-corrected chi connectivity index (χ1v) is 8.76. The van der Waals surface area contributed by atoms with Crippen LogP contribution < -0.4 is 14.8 Å². The second-order valence-electron chi connectivity index (χ2n) is 6.55. The van der Waals surface area contributed by atoms with Gasteiger partial charge in [-0.15, -0.1) is 0 Å². The zero-order valence-electron chi connectivity index (χ0n) is 15.0. The zero-order chi connectivity index (χ0) is 18.5. The average molecular weight is 360 g/mol. The SMILES string of the molecule is COc1cc(C)ccc1OCc1nc(C(=O)NC2CCC(O)CC2)co1. The molecule has 26 heavy (non-hydrogen) atoms. The van der Waals surface area contributed by atoms with E-state index in [0.717, 1.165) is 18.4 Å². The number of aliphatic hydroxyl groups is 1. The highest BCUT2D eigenvalue weighted by Crippen LogP contribution is 2.28. The van der Waals surface area contributed by atoms with Crippen molar-refractivity contribution in [2.75, 3.05) is 7.11 Å². The molecule has 0 bridgehead atoms. The number of amides is 1. The highest BCUT2D eigenvalue weighted by atomic mass is 16.5. The first-order chi connectivity index (χ1) is 12.5. The lowest BCUT2D eigenvalue weighted by molar-refractivity contribution is 0.0863. The molecule has 7 heteroatoms. The molecule has 1 fully saturated rings. The molecule has 1 aliphatic carbocycles. The lowest BCUT2D eigenvalue weighted by Gasteiger charge is -2.25. The van der Waals surface area contributed by atoms with Crippen LogP contribution in [0.5, 0.6) is 11.5 Å². The number of aliphatic hydroxyl groups excluding tert-OH is 1. The Morgan fingerprint density at radius 2 is 2.08 bits per heavy atom. The minimum atomic E-state index is -0.269. The fourth-order valence-electron chi connectivity index (χ4n) is 2.99. The van der Waals surface area contributed by atoms with Crippen LogP contribution in [0.15, 0.2) is 28.9 Å². The van der Waals surface area contributed by atoms with Crippen molar-refractivity contribution in [1.29, 1.82) is 0 Å². The van der Waals surface area contributed by atoms with Crippen molar-refractivity contribution in [3.05, 3.63) is 41.6 Å². The number of ether oxygens (including phenoxy) is 2. The van der Waals surface area contributed by atoms with Crippen molar-refractivity contribution < 1.29 is 23.8 Å².